The van der Waals surface area contributed by atoms with Crippen LogP contribution in [0.25, 0.3) is 0 Å². The van der Waals surface area contributed by atoms with Crippen LogP contribution in [0.5, 0.6) is 0 Å². The van der Waals surface area contributed by atoms with Crippen molar-refractivity contribution >= 4 is 12.0 Å². The predicted molar refractivity (Wildman–Crippen MR) is 51.0 cm³/mol. The fourth-order valence-corrected chi connectivity index (χ4v) is 1.18. The maximum atomic E-state index is 11.4. The second-order valence-electron chi connectivity index (χ2n) is 3.22. The monoisotopic (exact) mass is 198 g/mol. The van der Waals surface area contributed by atoms with E-state index in [1.54, 1.807) is 11.0 Å². The lowest BCUT2D eigenvalue weighted by Gasteiger charge is -2.20. The summed E-state index contributed by atoms with van der Waals surface area (Å²) in [6.45, 7) is 3.68. The van der Waals surface area contributed by atoms with Crippen LogP contribution in [0.4, 0.5) is 4.79 Å². The van der Waals surface area contributed by atoms with Gasteiger partial charge in [-0.3, -0.25) is 4.79 Å². The fraction of sp³-hybridized carbons (Fsp3) is 0.556. The first-order valence-electron chi connectivity index (χ1n) is 4.52. The van der Waals surface area contributed by atoms with Crippen LogP contribution >= 0.6 is 0 Å². The molecule has 0 aromatic rings. The second kappa shape index (κ2) is 4.64. The van der Waals surface area contributed by atoms with Gasteiger partial charge in [0.15, 0.2) is 0 Å². The number of amides is 2. The summed E-state index contributed by atoms with van der Waals surface area (Å²) < 4.78 is 0. The Morgan fingerprint density at radius 1 is 1.57 bits per heavy atom. The van der Waals surface area contributed by atoms with Crippen molar-refractivity contribution in [1.82, 2.24) is 10.2 Å². The van der Waals surface area contributed by atoms with Crippen LogP contribution < -0.4 is 5.32 Å². The van der Waals surface area contributed by atoms with Crippen LogP contribution in [0.3, 0.4) is 0 Å². The van der Waals surface area contributed by atoms with Crippen molar-refractivity contribution in [2.45, 2.75) is 18.9 Å². The number of hydrogen-bond acceptors (Lipinski definition) is 2. The van der Waals surface area contributed by atoms with E-state index in [1.807, 2.05) is 0 Å². The van der Waals surface area contributed by atoms with Crippen LogP contribution in [0.2, 0.25) is 0 Å². The van der Waals surface area contributed by atoms with E-state index in [1.165, 1.54) is 0 Å². The molecule has 0 aromatic carbocycles. The highest BCUT2D eigenvalue weighted by molar-refractivity contribution is 5.80. The van der Waals surface area contributed by atoms with Gasteiger partial charge in [-0.15, -0.1) is 6.58 Å². The lowest BCUT2D eigenvalue weighted by molar-refractivity contribution is -0.135. The molecule has 0 atom stereocenters. The van der Waals surface area contributed by atoms with Crippen molar-refractivity contribution in [3.05, 3.63) is 12.7 Å². The minimum Gasteiger partial charge on any atom is -0.480 e. The highest BCUT2D eigenvalue weighted by Crippen LogP contribution is 2.26. The van der Waals surface area contributed by atoms with E-state index in [0.717, 1.165) is 12.8 Å². The van der Waals surface area contributed by atoms with E-state index in [9.17, 15) is 9.59 Å². The largest absolute Gasteiger partial charge is 0.480 e. The standard InChI is InChI=1S/C9H14N2O3/c1-2-5-11(7-3-4-7)9(14)10-6-8(12)13/h2,7H,1,3-6H2,(H,10,14)(H,12,13). The third-order valence-electron chi connectivity index (χ3n) is 1.97. The van der Waals surface area contributed by atoms with Crippen LogP contribution in [0, 0.1) is 0 Å². The van der Waals surface area contributed by atoms with Crippen LogP contribution in [0.15, 0.2) is 12.7 Å². The van der Waals surface area contributed by atoms with Crippen molar-refractivity contribution in [3.63, 3.8) is 0 Å². The molecule has 1 rings (SSSR count). The SMILES string of the molecule is C=CCN(C(=O)NCC(=O)O)C1CC1. The molecule has 1 saturated carbocycles. The van der Waals surface area contributed by atoms with E-state index in [-0.39, 0.29) is 18.6 Å². The van der Waals surface area contributed by atoms with Gasteiger partial charge in [-0.25, -0.2) is 4.79 Å². The minimum atomic E-state index is -1.03. The molecule has 5 heteroatoms. The predicted octanol–water partition coefficient (Wildman–Crippen LogP) is 0.431. The Morgan fingerprint density at radius 3 is 2.64 bits per heavy atom. The molecule has 0 aromatic heterocycles. The van der Waals surface area contributed by atoms with E-state index in [0.29, 0.717) is 6.54 Å². The van der Waals surface area contributed by atoms with Gasteiger partial charge in [0.1, 0.15) is 6.54 Å². The molecule has 1 aliphatic carbocycles. The maximum Gasteiger partial charge on any atom is 0.323 e. The van der Waals surface area contributed by atoms with Gasteiger partial charge in [-0.1, -0.05) is 6.08 Å². The molecule has 1 aliphatic rings. The van der Waals surface area contributed by atoms with Gasteiger partial charge in [0, 0.05) is 12.6 Å². The number of carboxylic acid groups (broad SMARTS) is 1. The van der Waals surface area contributed by atoms with Crippen LogP contribution in [-0.2, 0) is 4.79 Å². The number of carboxylic acids is 1. The van der Waals surface area contributed by atoms with Gasteiger partial charge in [-0.05, 0) is 12.8 Å². The molecule has 0 bridgehead atoms. The Labute approximate surface area is 82.4 Å². The molecule has 0 aliphatic heterocycles. The lowest BCUT2D eigenvalue weighted by Crippen LogP contribution is -2.43. The van der Waals surface area contributed by atoms with E-state index < -0.39 is 5.97 Å². The van der Waals surface area contributed by atoms with Crippen LogP contribution in [-0.4, -0.2) is 41.1 Å². The number of hydrogen-bond donors (Lipinski definition) is 2. The molecule has 1 fully saturated rings. The summed E-state index contributed by atoms with van der Waals surface area (Å²) in [5.74, 6) is -1.03. The lowest BCUT2D eigenvalue weighted by atomic mass is 10.4. The molecule has 2 amide bonds. The third kappa shape index (κ3) is 3.08. The molecule has 78 valence electrons. The second-order valence-corrected chi connectivity index (χ2v) is 3.22. The van der Waals surface area contributed by atoms with Gasteiger partial charge < -0.3 is 15.3 Å². The number of nitrogens with zero attached hydrogens (tertiary/aromatic N) is 1. The first kappa shape index (κ1) is 10.6. The van der Waals surface area contributed by atoms with E-state index >= 15 is 0 Å². The summed E-state index contributed by atoms with van der Waals surface area (Å²) in [5, 5.41) is 10.7. The highest BCUT2D eigenvalue weighted by atomic mass is 16.4. The molecule has 0 spiro atoms. The molecular weight excluding hydrogens is 184 g/mol. The van der Waals surface area contributed by atoms with Crippen molar-refractivity contribution in [3.8, 4) is 0 Å². The van der Waals surface area contributed by atoms with Crippen molar-refractivity contribution in [2.24, 2.45) is 0 Å². The fourth-order valence-electron chi connectivity index (χ4n) is 1.18. The molecule has 0 heterocycles. The van der Waals surface area contributed by atoms with E-state index in [4.69, 9.17) is 5.11 Å². The molecule has 14 heavy (non-hydrogen) atoms. The Morgan fingerprint density at radius 2 is 2.21 bits per heavy atom. The number of rotatable bonds is 5. The maximum absolute atomic E-state index is 11.4. The minimum absolute atomic E-state index is 0.266. The summed E-state index contributed by atoms with van der Waals surface area (Å²) in [6, 6.07) is -0.0587. The Bertz CT molecular complexity index is 248. The molecule has 0 radical (unpaired) electrons. The number of nitrogens with one attached hydrogen (secondary N) is 1. The Balaban J connectivity index is 2.37. The number of carbonyl (C=O) groups is 2. The zero-order chi connectivity index (χ0) is 10.6. The smallest absolute Gasteiger partial charge is 0.323 e. The van der Waals surface area contributed by atoms with Crippen molar-refractivity contribution in [1.29, 1.82) is 0 Å². The van der Waals surface area contributed by atoms with Gasteiger partial charge in [0.05, 0.1) is 0 Å². The molecule has 2 N–H and O–H groups in total. The van der Waals surface area contributed by atoms with Crippen molar-refractivity contribution < 1.29 is 14.7 Å². The number of urea groups is 1. The van der Waals surface area contributed by atoms with Gasteiger partial charge >= 0.3 is 12.0 Å². The summed E-state index contributed by atoms with van der Waals surface area (Å²) in [7, 11) is 0. The topological polar surface area (TPSA) is 69.6 Å². The first-order chi connectivity index (χ1) is 6.65. The molecular formula is C9H14N2O3. The molecule has 5 nitrogen and oxygen atoms in total. The summed E-state index contributed by atoms with van der Waals surface area (Å²) in [4.78, 5) is 23.2. The Hall–Kier alpha value is -1.52. The van der Waals surface area contributed by atoms with E-state index in [2.05, 4.69) is 11.9 Å². The average Bonchev–Trinajstić information content (AvgIpc) is 2.93. The summed E-state index contributed by atoms with van der Waals surface area (Å²) >= 11 is 0. The highest BCUT2D eigenvalue weighted by Gasteiger charge is 2.31. The summed E-state index contributed by atoms with van der Waals surface area (Å²) in [5.41, 5.74) is 0. The van der Waals surface area contributed by atoms with Gasteiger partial charge in [0.2, 0.25) is 0 Å². The quantitative estimate of drug-likeness (QED) is 0.629. The number of carbonyl (C=O) groups excluding carboxylic acids is 1. The molecule has 0 saturated heterocycles. The normalized spacial score (nSPS) is 14.6. The third-order valence-corrected chi connectivity index (χ3v) is 1.97. The average molecular weight is 198 g/mol. The Kier molecular flexibility index (Phi) is 3.50. The molecule has 0 unspecified atom stereocenters. The van der Waals surface area contributed by atoms with Crippen molar-refractivity contribution in [2.75, 3.05) is 13.1 Å². The number of aliphatic carboxylic acids is 1. The first-order valence-corrected chi connectivity index (χ1v) is 4.52. The zero-order valence-corrected chi connectivity index (χ0v) is 7.90. The van der Waals surface area contributed by atoms with Gasteiger partial charge in [0.25, 0.3) is 0 Å². The zero-order valence-electron chi connectivity index (χ0n) is 7.90. The van der Waals surface area contributed by atoms with Crippen LogP contribution in [0.1, 0.15) is 12.8 Å². The summed E-state index contributed by atoms with van der Waals surface area (Å²) in [6.07, 6.45) is 3.63. The van der Waals surface area contributed by atoms with Gasteiger partial charge in [-0.2, -0.15) is 0 Å².